The molecule has 0 radical (unpaired) electrons. The van der Waals surface area contributed by atoms with E-state index in [1.54, 1.807) is 7.11 Å². The van der Waals surface area contributed by atoms with Crippen LogP contribution < -0.4 is 5.32 Å². The molecule has 1 rings (SSSR count). The minimum absolute atomic E-state index is 0.0139. The molecule has 5 nitrogen and oxygen atoms in total. The molecule has 5 heteroatoms. The average molecular weight is 284 g/mol. The molecule has 0 aromatic heterocycles. The predicted octanol–water partition coefficient (Wildman–Crippen LogP) is 1.57. The summed E-state index contributed by atoms with van der Waals surface area (Å²) in [5.41, 5.74) is 0. The number of rotatable bonds is 8. The second-order valence-corrected chi connectivity index (χ2v) is 5.57. The summed E-state index contributed by atoms with van der Waals surface area (Å²) in [7, 11) is 1.73. The summed E-state index contributed by atoms with van der Waals surface area (Å²) in [6.07, 6.45) is 5.60. The van der Waals surface area contributed by atoms with Crippen molar-refractivity contribution < 1.29 is 14.3 Å². The van der Waals surface area contributed by atoms with Crippen LogP contribution in [0.3, 0.4) is 0 Å². The van der Waals surface area contributed by atoms with Crippen LogP contribution in [0.5, 0.6) is 0 Å². The van der Waals surface area contributed by atoms with E-state index in [0.29, 0.717) is 18.9 Å². The number of unbranched alkanes of at least 4 members (excludes halogenated alkanes) is 2. The second kappa shape index (κ2) is 9.75. The molecule has 0 saturated carbocycles. The third-order valence-electron chi connectivity index (χ3n) is 3.81. The number of likely N-dealkylation sites (tertiary alicyclic amines) is 1. The van der Waals surface area contributed by atoms with Crippen molar-refractivity contribution in [3.8, 4) is 0 Å². The van der Waals surface area contributed by atoms with Crippen molar-refractivity contribution >= 4 is 11.8 Å². The minimum Gasteiger partial charge on any atom is -0.384 e. The SMILES string of the molecule is COCC1CCN(C(=O)CCCCCNC(C)=O)CC1. The van der Waals surface area contributed by atoms with E-state index < -0.39 is 0 Å². The Morgan fingerprint density at radius 2 is 1.90 bits per heavy atom. The van der Waals surface area contributed by atoms with Gasteiger partial charge in [0.1, 0.15) is 0 Å². The van der Waals surface area contributed by atoms with Gasteiger partial charge in [-0.15, -0.1) is 0 Å². The first-order valence-corrected chi connectivity index (χ1v) is 7.64. The number of nitrogens with zero attached hydrogens (tertiary/aromatic N) is 1. The zero-order chi connectivity index (χ0) is 14.8. The van der Waals surface area contributed by atoms with Crippen LogP contribution >= 0.6 is 0 Å². The highest BCUT2D eigenvalue weighted by atomic mass is 16.5. The minimum atomic E-state index is 0.0139. The Labute approximate surface area is 122 Å². The fourth-order valence-electron chi connectivity index (χ4n) is 2.59. The van der Waals surface area contributed by atoms with Gasteiger partial charge >= 0.3 is 0 Å². The molecule has 116 valence electrons. The van der Waals surface area contributed by atoms with Gasteiger partial charge in [-0.1, -0.05) is 6.42 Å². The molecular weight excluding hydrogens is 256 g/mol. The maximum absolute atomic E-state index is 12.0. The van der Waals surface area contributed by atoms with Crippen LogP contribution in [0.15, 0.2) is 0 Å². The van der Waals surface area contributed by atoms with Crippen LogP contribution in [0.1, 0.15) is 45.4 Å². The Morgan fingerprint density at radius 3 is 2.50 bits per heavy atom. The Kier molecular flexibility index (Phi) is 8.26. The average Bonchev–Trinajstić information content (AvgIpc) is 2.43. The normalized spacial score (nSPS) is 16.2. The van der Waals surface area contributed by atoms with Crippen molar-refractivity contribution in [1.82, 2.24) is 10.2 Å². The summed E-state index contributed by atoms with van der Waals surface area (Å²) >= 11 is 0. The quantitative estimate of drug-likeness (QED) is 0.688. The number of hydrogen-bond acceptors (Lipinski definition) is 3. The lowest BCUT2D eigenvalue weighted by atomic mass is 9.97. The van der Waals surface area contributed by atoms with E-state index in [4.69, 9.17) is 4.74 Å². The van der Waals surface area contributed by atoms with Gasteiger partial charge in [-0.2, -0.15) is 0 Å². The van der Waals surface area contributed by atoms with Gasteiger partial charge in [-0.05, 0) is 31.6 Å². The van der Waals surface area contributed by atoms with Crippen LogP contribution in [0.4, 0.5) is 0 Å². The fourth-order valence-corrected chi connectivity index (χ4v) is 2.59. The van der Waals surface area contributed by atoms with E-state index in [2.05, 4.69) is 5.32 Å². The summed E-state index contributed by atoms with van der Waals surface area (Å²) < 4.78 is 5.16. The summed E-state index contributed by atoms with van der Waals surface area (Å²) in [6.45, 7) is 4.80. The van der Waals surface area contributed by atoms with E-state index in [9.17, 15) is 9.59 Å². The van der Waals surface area contributed by atoms with E-state index in [0.717, 1.165) is 51.8 Å². The molecule has 1 aliphatic rings. The molecule has 20 heavy (non-hydrogen) atoms. The molecule has 0 aromatic rings. The molecule has 1 heterocycles. The first kappa shape index (κ1) is 17.0. The van der Waals surface area contributed by atoms with Gasteiger partial charge in [0.15, 0.2) is 0 Å². The molecule has 0 unspecified atom stereocenters. The Hall–Kier alpha value is -1.10. The topological polar surface area (TPSA) is 58.6 Å². The molecule has 0 aromatic carbocycles. The number of carbonyl (C=O) groups excluding carboxylic acids is 2. The molecule has 0 aliphatic carbocycles. The Balaban J connectivity index is 2.04. The van der Waals surface area contributed by atoms with Crippen LogP contribution in [0, 0.1) is 5.92 Å². The van der Waals surface area contributed by atoms with Crippen LogP contribution in [-0.4, -0.2) is 50.1 Å². The molecule has 1 fully saturated rings. The molecule has 1 saturated heterocycles. The van der Waals surface area contributed by atoms with Crippen molar-refractivity contribution in [3.05, 3.63) is 0 Å². The first-order valence-electron chi connectivity index (χ1n) is 7.64. The van der Waals surface area contributed by atoms with Crippen molar-refractivity contribution in [1.29, 1.82) is 0 Å². The number of amides is 2. The number of piperidine rings is 1. The highest BCUT2D eigenvalue weighted by Crippen LogP contribution is 2.18. The molecule has 0 atom stereocenters. The van der Waals surface area contributed by atoms with Crippen molar-refractivity contribution in [2.24, 2.45) is 5.92 Å². The number of ether oxygens (including phenoxy) is 1. The van der Waals surface area contributed by atoms with E-state index in [1.807, 2.05) is 4.90 Å². The van der Waals surface area contributed by atoms with Crippen molar-refractivity contribution in [3.63, 3.8) is 0 Å². The Bertz CT molecular complexity index is 299. The maximum Gasteiger partial charge on any atom is 0.222 e. The maximum atomic E-state index is 12.0. The third kappa shape index (κ3) is 6.89. The standard InChI is InChI=1S/C15H28N2O3/c1-13(18)16-9-5-3-4-6-15(19)17-10-7-14(8-11-17)12-20-2/h14H,3-12H2,1-2H3,(H,16,18). The van der Waals surface area contributed by atoms with Crippen molar-refractivity contribution in [2.45, 2.75) is 45.4 Å². The summed E-state index contributed by atoms with van der Waals surface area (Å²) in [6, 6.07) is 0. The molecule has 0 spiro atoms. The zero-order valence-corrected chi connectivity index (χ0v) is 12.8. The lowest BCUT2D eigenvalue weighted by Crippen LogP contribution is -2.39. The monoisotopic (exact) mass is 284 g/mol. The number of hydrogen-bond donors (Lipinski definition) is 1. The molecule has 0 bridgehead atoms. The van der Waals surface area contributed by atoms with Crippen LogP contribution in [0.25, 0.3) is 0 Å². The van der Waals surface area contributed by atoms with Gasteiger partial charge in [-0.3, -0.25) is 9.59 Å². The van der Waals surface area contributed by atoms with Gasteiger partial charge in [0.2, 0.25) is 11.8 Å². The third-order valence-corrected chi connectivity index (χ3v) is 3.81. The van der Waals surface area contributed by atoms with E-state index in [1.165, 1.54) is 6.92 Å². The van der Waals surface area contributed by atoms with Gasteiger partial charge in [0.05, 0.1) is 0 Å². The van der Waals surface area contributed by atoms with E-state index >= 15 is 0 Å². The highest BCUT2D eigenvalue weighted by molar-refractivity contribution is 5.76. The lowest BCUT2D eigenvalue weighted by molar-refractivity contribution is -0.133. The molecule has 2 amide bonds. The molecule has 1 aliphatic heterocycles. The zero-order valence-electron chi connectivity index (χ0n) is 12.8. The van der Waals surface area contributed by atoms with Gasteiger partial charge in [0, 0.05) is 46.7 Å². The summed E-state index contributed by atoms with van der Waals surface area (Å²) in [5, 5.41) is 2.77. The first-order chi connectivity index (χ1) is 9.63. The number of nitrogens with one attached hydrogen (secondary N) is 1. The molecule has 1 N–H and O–H groups in total. The summed E-state index contributed by atoms with van der Waals surface area (Å²) in [5.74, 6) is 0.905. The van der Waals surface area contributed by atoms with Crippen LogP contribution in [0.2, 0.25) is 0 Å². The molecular formula is C15H28N2O3. The fraction of sp³-hybridized carbons (Fsp3) is 0.867. The second-order valence-electron chi connectivity index (χ2n) is 5.57. The predicted molar refractivity (Wildman–Crippen MR) is 78.3 cm³/mol. The Morgan fingerprint density at radius 1 is 1.20 bits per heavy atom. The van der Waals surface area contributed by atoms with Gasteiger partial charge in [0.25, 0.3) is 0 Å². The summed E-state index contributed by atoms with van der Waals surface area (Å²) in [4.78, 5) is 24.7. The highest BCUT2D eigenvalue weighted by Gasteiger charge is 2.22. The lowest BCUT2D eigenvalue weighted by Gasteiger charge is -2.31. The number of carbonyl (C=O) groups is 2. The van der Waals surface area contributed by atoms with Crippen LogP contribution in [-0.2, 0) is 14.3 Å². The van der Waals surface area contributed by atoms with Gasteiger partial charge < -0.3 is 15.0 Å². The van der Waals surface area contributed by atoms with Gasteiger partial charge in [-0.25, -0.2) is 0 Å². The number of methoxy groups -OCH3 is 1. The smallest absolute Gasteiger partial charge is 0.222 e. The van der Waals surface area contributed by atoms with E-state index in [-0.39, 0.29) is 11.8 Å². The largest absolute Gasteiger partial charge is 0.384 e. The van der Waals surface area contributed by atoms with Crippen molar-refractivity contribution in [2.75, 3.05) is 33.4 Å².